The van der Waals surface area contributed by atoms with Gasteiger partial charge in [0.15, 0.2) is 0 Å². The van der Waals surface area contributed by atoms with E-state index in [1.807, 2.05) is 36.0 Å². The van der Waals surface area contributed by atoms with Crippen LogP contribution in [0.4, 0.5) is 0 Å². The summed E-state index contributed by atoms with van der Waals surface area (Å²) in [6.07, 6.45) is 2.50. The Morgan fingerprint density at radius 1 is 1.25 bits per heavy atom. The lowest BCUT2D eigenvalue weighted by Gasteiger charge is -2.09. The largest absolute Gasteiger partial charge is 0.322 e. The van der Waals surface area contributed by atoms with Crippen molar-refractivity contribution < 1.29 is 0 Å². The highest BCUT2D eigenvalue weighted by Gasteiger charge is 2.13. The van der Waals surface area contributed by atoms with Crippen molar-refractivity contribution in [3.63, 3.8) is 0 Å². The Kier molecular flexibility index (Phi) is 3.62. The molecule has 0 saturated heterocycles. The van der Waals surface area contributed by atoms with Crippen molar-refractivity contribution in [2.24, 2.45) is 12.8 Å². The fourth-order valence-electron chi connectivity index (χ4n) is 2.19. The van der Waals surface area contributed by atoms with Crippen LogP contribution in [0.25, 0.3) is 11.3 Å². The van der Waals surface area contributed by atoms with Crippen molar-refractivity contribution in [1.82, 2.24) is 14.8 Å². The number of benzene rings is 1. The Balaban J connectivity index is 1.76. The van der Waals surface area contributed by atoms with Crippen molar-refractivity contribution in [3.05, 3.63) is 58.7 Å². The summed E-state index contributed by atoms with van der Waals surface area (Å²) in [5.74, 6) is 0. The maximum atomic E-state index is 6.23. The average Bonchev–Trinajstić information content (AvgIpc) is 3.09. The van der Waals surface area contributed by atoms with Gasteiger partial charge < -0.3 is 5.73 Å². The normalized spacial score (nSPS) is 12.5. The predicted octanol–water partition coefficient (Wildman–Crippen LogP) is 2.79. The van der Waals surface area contributed by atoms with E-state index in [4.69, 9.17) is 5.73 Å². The van der Waals surface area contributed by atoms with Gasteiger partial charge in [0.05, 0.1) is 22.4 Å². The first-order chi connectivity index (χ1) is 9.74. The van der Waals surface area contributed by atoms with E-state index in [0.29, 0.717) is 0 Å². The van der Waals surface area contributed by atoms with Crippen LogP contribution in [0, 0.1) is 0 Å². The first kappa shape index (κ1) is 13.0. The SMILES string of the molecule is Cn1nccc1C(N)Cc1nc(-c2ccccc2)cs1. The van der Waals surface area contributed by atoms with Crippen LogP contribution in [0.3, 0.4) is 0 Å². The summed E-state index contributed by atoms with van der Waals surface area (Å²) in [4.78, 5) is 4.67. The van der Waals surface area contributed by atoms with Gasteiger partial charge in [-0.05, 0) is 6.07 Å². The fraction of sp³-hybridized carbons (Fsp3) is 0.200. The van der Waals surface area contributed by atoms with E-state index in [2.05, 4.69) is 27.6 Å². The molecule has 1 unspecified atom stereocenters. The molecular formula is C15H16N4S. The monoisotopic (exact) mass is 284 g/mol. The second-order valence-electron chi connectivity index (χ2n) is 4.68. The number of hydrogen-bond donors (Lipinski definition) is 1. The van der Waals surface area contributed by atoms with Crippen molar-refractivity contribution in [2.45, 2.75) is 12.5 Å². The molecule has 5 heteroatoms. The number of aryl methyl sites for hydroxylation is 1. The molecule has 0 aliphatic carbocycles. The number of aromatic nitrogens is 3. The van der Waals surface area contributed by atoms with Crippen molar-refractivity contribution >= 4 is 11.3 Å². The van der Waals surface area contributed by atoms with Crippen LogP contribution in [0.1, 0.15) is 16.7 Å². The molecule has 102 valence electrons. The maximum Gasteiger partial charge on any atom is 0.0952 e. The lowest BCUT2D eigenvalue weighted by Crippen LogP contribution is -2.17. The van der Waals surface area contributed by atoms with Crippen LogP contribution < -0.4 is 5.73 Å². The smallest absolute Gasteiger partial charge is 0.0952 e. The number of hydrogen-bond acceptors (Lipinski definition) is 4. The average molecular weight is 284 g/mol. The molecule has 0 aliphatic heterocycles. The minimum atomic E-state index is -0.0720. The van der Waals surface area contributed by atoms with Gasteiger partial charge in [-0.1, -0.05) is 30.3 Å². The summed E-state index contributed by atoms with van der Waals surface area (Å²) >= 11 is 1.66. The molecule has 0 radical (unpaired) electrons. The van der Waals surface area contributed by atoms with Crippen LogP contribution in [0.2, 0.25) is 0 Å². The zero-order valence-corrected chi connectivity index (χ0v) is 12.0. The zero-order valence-electron chi connectivity index (χ0n) is 11.2. The third-order valence-corrected chi connectivity index (χ3v) is 4.13. The van der Waals surface area contributed by atoms with E-state index in [1.165, 1.54) is 0 Å². The summed E-state index contributed by atoms with van der Waals surface area (Å²) in [6.45, 7) is 0. The molecule has 0 spiro atoms. The minimum absolute atomic E-state index is 0.0720. The minimum Gasteiger partial charge on any atom is -0.322 e. The predicted molar refractivity (Wildman–Crippen MR) is 81.4 cm³/mol. The molecule has 3 aromatic rings. The molecule has 0 fully saturated rings. The van der Waals surface area contributed by atoms with Crippen LogP contribution in [0.15, 0.2) is 48.0 Å². The highest BCUT2D eigenvalue weighted by Crippen LogP contribution is 2.24. The molecule has 0 saturated carbocycles. The molecule has 0 bridgehead atoms. The van der Waals surface area contributed by atoms with E-state index in [9.17, 15) is 0 Å². The van der Waals surface area contributed by atoms with E-state index < -0.39 is 0 Å². The van der Waals surface area contributed by atoms with Gasteiger partial charge in [0.1, 0.15) is 0 Å². The standard InChI is InChI=1S/C15H16N4S/c1-19-14(7-8-17-19)12(16)9-15-18-13(10-20-15)11-5-3-2-4-6-11/h2-8,10,12H,9,16H2,1H3. The molecule has 3 rings (SSSR count). The Labute approximate surface area is 121 Å². The summed E-state index contributed by atoms with van der Waals surface area (Å²) in [6, 6.07) is 12.1. The molecule has 20 heavy (non-hydrogen) atoms. The van der Waals surface area contributed by atoms with Gasteiger partial charge in [-0.25, -0.2) is 4.98 Å². The maximum absolute atomic E-state index is 6.23. The molecule has 2 N–H and O–H groups in total. The summed E-state index contributed by atoms with van der Waals surface area (Å²) in [5.41, 5.74) is 9.41. The molecule has 2 heterocycles. The molecule has 0 amide bonds. The van der Waals surface area contributed by atoms with E-state index >= 15 is 0 Å². The Bertz CT molecular complexity index is 687. The number of nitrogens with two attached hydrogens (primary N) is 1. The molecule has 1 aromatic carbocycles. The van der Waals surface area contributed by atoms with Crippen molar-refractivity contribution in [3.8, 4) is 11.3 Å². The molecule has 0 aliphatic rings. The number of nitrogens with zero attached hydrogens (tertiary/aromatic N) is 3. The highest BCUT2D eigenvalue weighted by molar-refractivity contribution is 7.09. The molecule has 4 nitrogen and oxygen atoms in total. The van der Waals surface area contributed by atoms with E-state index in [0.717, 1.165) is 28.4 Å². The third kappa shape index (κ3) is 2.64. The van der Waals surface area contributed by atoms with Crippen molar-refractivity contribution in [1.29, 1.82) is 0 Å². The molecule has 1 atom stereocenters. The van der Waals surface area contributed by atoms with Crippen molar-refractivity contribution in [2.75, 3.05) is 0 Å². The van der Waals surface area contributed by atoms with E-state index in [-0.39, 0.29) is 6.04 Å². The topological polar surface area (TPSA) is 56.7 Å². The lowest BCUT2D eigenvalue weighted by molar-refractivity contribution is 0.616. The van der Waals surface area contributed by atoms with E-state index in [1.54, 1.807) is 17.5 Å². The van der Waals surface area contributed by atoms with Gasteiger partial charge in [0.25, 0.3) is 0 Å². The van der Waals surface area contributed by atoms with Gasteiger partial charge >= 0.3 is 0 Å². The van der Waals surface area contributed by atoms with Crippen LogP contribution in [-0.4, -0.2) is 14.8 Å². The van der Waals surface area contributed by atoms with Gasteiger partial charge in [-0.15, -0.1) is 11.3 Å². The fourth-order valence-corrected chi connectivity index (χ4v) is 3.05. The van der Waals surface area contributed by atoms with Gasteiger partial charge in [-0.2, -0.15) is 5.10 Å². The van der Waals surface area contributed by atoms with Crippen LogP contribution in [-0.2, 0) is 13.5 Å². The van der Waals surface area contributed by atoms with Gasteiger partial charge in [0, 0.05) is 30.6 Å². The zero-order chi connectivity index (χ0) is 13.9. The first-order valence-corrected chi connectivity index (χ1v) is 7.35. The third-order valence-electron chi connectivity index (χ3n) is 3.25. The lowest BCUT2D eigenvalue weighted by atomic mass is 10.1. The Morgan fingerprint density at radius 3 is 2.75 bits per heavy atom. The molecule has 2 aromatic heterocycles. The Hall–Kier alpha value is -1.98. The van der Waals surface area contributed by atoms with Crippen LogP contribution in [0.5, 0.6) is 0 Å². The quantitative estimate of drug-likeness (QED) is 0.801. The summed E-state index contributed by atoms with van der Waals surface area (Å²) < 4.78 is 1.82. The first-order valence-electron chi connectivity index (χ1n) is 6.47. The number of rotatable bonds is 4. The van der Waals surface area contributed by atoms with Gasteiger partial charge in [0.2, 0.25) is 0 Å². The highest BCUT2D eigenvalue weighted by atomic mass is 32.1. The summed E-state index contributed by atoms with van der Waals surface area (Å²) in [5, 5.41) is 7.29. The second kappa shape index (κ2) is 5.56. The van der Waals surface area contributed by atoms with Crippen LogP contribution >= 0.6 is 11.3 Å². The summed E-state index contributed by atoms with van der Waals surface area (Å²) in [7, 11) is 1.91. The Morgan fingerprint density at radius 2 is 2.05 bits per heavy atom. The second-order valence-corrected chi connectivity index (χ2v) is 5.63. The number of thiazole rings is 1. The van der Waals surface area contributed by atoms with Gasteiger partial charge in [-0.3, -0.25) is 4.68 Å². The molecular weight excluding hydrogens is 268 g/mol.